The topological polar surface area (TPSA) is 93.1 Å². The Kier molecular flexibility index (Phi) is 5.25. The summed E-state index contributed by atoms with van der Waals surface area (Å²) < 4.78 is 12.1. The first kappa shape index (κ1) is 19.5. The SMILES string of the molecule is O=C(CCC(=O)N1CCC(c2ccccc2)=N1)Nc1nc2cc3c(cc2s1)OCCO3. The zero-order chi connectivity index (χ0) is 21.2. The molecule has 9 heteroatoms. The summed E-state index contributed by atoms with van der Waals surface area (Å²) in [5.74, 6) is 0.934. The van der Waals surface area contributed by atoms with E-state index < -0.39 is 0 Å². The quantitative estimate of drug-likeness (QED) is 0.662. The minimum Gasteiger partial charge on any atom is -0.486 e. The molecule has 2 amide bonds. The molecule has 0 spiro atoms. The van der Waals surface area contributed by atoms with Gasteiger partial charge in [0.05, 0.1) is 22.5 Å². The van der Waals surface area contributed by atoms with Crippen LogP contribution in [0.2, 0.25) is 0 Å². The molecule has 31 heavy (non-hydrogen) atoms. The highest BCUT2D eigenvalue weighted by Crippen LogP contribution is 2.37. The van der Waals surface area contributed by atoms with Gasteiger partial charge in [-0.2, -0.15) is 5.10 Å². The molecule has 1 N–H and O–H groups in total. The molecule has 0 radical (unpaired) electrons. The number of hydrogen-bond donors (Lipinski definition) is 1. The number of carbonyl (C=O) groups excluding carboxylic acids is 2. The van der Waals surface area contributed by atoms with Crippen molar-refractivity contribution in [2.45, 2.75) is 19.3 Å². The van der Waals surface area contributed by atoms with E-state index in [0.29, 0.717) is 42.8 Å². The van der Waals surface area contributed by atoms with Crippen molar-refractivity contribution in [2.24, 2.45) is 5.10 Å². The molecular weight excluding hydrogens is 416 g/mol. The van der Waals surface area contributed by atoms with Crippen LogP contribution >= 0.6 is 11.3 Å². The number of carbonyl (C=O) groups is 2. The van der Waals surface area contributed by atoms with Gasteiger partial charge < -0.3 is 14.8 Å². The van der Waals surface area contributed by atoms with Crippen molar-refractivity contribution in [3.05, 3.63) is 48.0 Å². The first-order valence-electron chi connectivity index (χ1n) is 10.1. The van der Waals surface area contributed by atoms with Crippen LogP contribution in [0.4, 0.5) is 5.13 Å². The summed E-state index contributed by atoms with van der Waals surface area (Å²) >= 11 is 1.36. The maximum atomic E-state index is 12.5. The molecule has 2 aliphatic rings. The Hall–Kier alpha value is -3.46. The minimum atomic E-state index is -0.254. The third-order valence-corrected chi connectivity index (χ3v) is 6.00. The molecule has 1 aromatic heterocycles. The van der Waals surface area contributed by atoms with Crippen LogP contribution < -0.4 is 14.8 Å². The fourth-order valence-electron chi connectivity index (χ4n) is 3.52. The molecule has 0 unspecified atom stereocenters. The number of fused-ring (bicyclic) bond motifs is 2. The summed E-state index contributed by atoms with van der Waals surface area (Å²) in [4.78, 5) is 29.3. The van der Waals surface area contributed by atoms with E-state index in [-0.39, 0.29) is 24.7 Å². The normalized spacial score (nSPS) is 15.1. The molecule has 158 valence electrons. The maximum absolute atomic E-state index is 12.5. The molecule has 3 heterocycles. The van der Waals surface area contributed by atoms with E-state index in [0.717, 1.165) is 21.5 Å². The lowest BCUT2D eigenvalue weighted by Gasteiger charge is -2.17. The van der Waals surface area contributed by atoms with Crippen LogP contribution in [-0.4, -0.2) is 47.3 Å². The molecule has 2 aromatic carbocycles. The highest BCUT2D eigenvalue weighted by atomic mass is 32.1. The number of hydrazone groups is 1. The Labute approximate surface area is 182 Å². The molecule has 0 saturated heterocycles. The van der Waals surface area contributed by atoms with Gasteiger partial charge in [0.25, 0.3) is 0 Å². The zero-order valence-electron chi connectivity index (χ0n) is 16.7. The summed E-state index contributed by atoms with van der Waals surface area (Å²) in [6.07, 6.45) is 0.882. The molecule has 8 nitrogen and oxygen atoms in total. The summed E-state index contributed by atoms with van der Waals surface area (Å²) in [7, 11) is 0. The van der Waals surface area contributed by atoms with Gasteiger partial charge >= 0.3 is 0 Å². The van der Waals surface area contributed by atoms with Crippen molar-refractivity contribution >= 4 is 44.2 Å². The fourth-order valence-corrected chi connectivity index (χ4v) is 4.41. The van der Waals surface area contributed by atoms with Crippen LogP contribution in [0.3, 0.4) is 0 Å². The monoisotopic (exact) mass is 436 g/mol. The first-order valence-corrected chi connectivity index (χ1v) is 10.9. The molecule has 0 fully saturated rings. The Morgan fingerprint density at radius 3 is 2.65 bits per heavy atom. The Bertz CT molecular complexity index is 1130. The molecule has 0 saturated carbocycles. The van der Waals surface area contributed by atoms with Crippen LogP contribution in [0.1, 0.15) is 24.8 Å². The Morgan fingerprint density at radius 1 is 1.06 bits per heavy atom. The van der Waals surface area contributed by atoms with Gasteiger partial charge in [-0.1, -0.05) is 41.7 Å². The number of ether oxygens (including phenoxy) is 2. The van der Waals surface area contributed by atoms with Crippen molar-refractivity contribution in [3.8, 4) is 11.5 Å². The van der Waals surface area contributed by atoms with Gasteiger partial charge in [0.15, 0.2) is 16.6 Å². The van der Waals surface area contributed by atoms with Gasteiger partial charge in [-0.05, 0) is 5.56 Å². The number of amides is 2. The molecule has 5 rings (SSSR count). The third-order valence-electron chi connectivity index (χ3n) is 5.06. The second-order valence-corrected chi connectivity index (χ2v) is 8.24. The third kappa shape index (κ3) is 4.22. The maximum Gasteiger partial charge on any atom is 0.243 e. The first-order chi connectivity index (χ1) is 15.2. The van der Waals surface area contributed by atoms with E-state index in [2.05, 4.69) is 15.4 Å². The van der Waals surface area contributed by atoms with Crippen molar-refractivity contribution in [2.75, 3.05) is 25.1 Å². The minimum absolute atomic E-state index is 0.0736. The van der Waals surface area contributed by atoms with Gasteiger partial charge in [-0.3, -0.25) is 9.59 Å². The predicted molar refractivity (Wildman–Crippen MR) is 118 cm³/mol. The lowest BCUT2D eigenvalue weighted by atomic mass is 10.1. The van der Waals surface area contributed by atoms with Crippen LogP contribution in [0.25, 0.3) is 10.2 Å². The molecular formula is C22H20N4O4S. The van der Waals surface area contributed by atoms with Crippen LogP contribution in [0.5, 0.6) is 11.5 Å². The van der Waals surface area contributed by atoms with E-state index in [9.17, 15) is 9.59 Å². The van der Waals surface area contributed by atoms with Gasteiger partial charge in [0.2, 0.25) is 11.8 Å². The number of nitrogens with zero attached hydrogens (tertiary/aromatic N) is 3. The lowest BCUT2D eigenvalue weighted by Crippen LogP contribution is -2.24. The van der Waals surface area contributed by atoms with Gasteiger partial charge in [-0.15, -0.1) is 0 Å². The lowest BCUT2D eigenvalue weighted by molar-refractivity contribution is -0.132. The Balaban J connectivity index is 1.17. The van der Waals surface area contributed by atoms with Crippen molar-refractivity contribution < 1.29 is 19.1 Å². The summed E-state index contributed by atoms with van der Waals surface area (Å²) in [5.41, 5.74) is 2.65. The molecule has 2 aliphatic heterocycles. The molecule has 3 aromatic rings. The average Bonchev–Trinajstić information content (AvgIpc) is 3.43. The van der Waals surface area contributed by atoms with Crippen molar-refractivity contribution in [1.29, 1.82) is 0 Å². The average molecular weight is 436 g/mol. The second kappa shape index (κ2) is 8.35. The number of benzene rings is 2. The van der Waals surface area contributed by atoms with Gasteiger partial charge in [0, 0.05) is 31.4 Å². The van der Waals surface area contributed by atoms with Gasteiger partial charge in [0.1, 0.15) is 13.2 Å². The number of aromatic nitrogens is 1. The van der Waals surface area contributed by atoms with Crippen LogP contribution in [0, 0.1) is 0 Å². The highest BCUT2D eigenvalue weighted by molar-refractivity contribution is 7.22. The van der Waals surface area contributed by atoms with Crippen LogP contribution in [0.15, 0.2) is 47.6 Å². The number of nitrogens with one attached hydrogen (secondary N) is 1. The molecule has 0 atom stereocenters. The number of rotatable bonds is 5. The Morgan fingerprint density at radius 2 is 1.84 bits per heavy atom. The summed E-state index contributed by atoms with van der Waals surface area (Å²) in [6, 6.07) is 13.5. The number of thiazole rings is 1. The zero-order valence-corrected chi connectivity index (χ0v) is 17.5. The number of hydrogen-bond acceptors (Lipinski definition) is 7. The van der Waals surface area contributed by atoms with E-state index in [1.54, 1.807) is 0 Å². The highest BCUT2D eigenvalue weighted by Gasteiger charge is 2.22. The van der Waals surface area contributed by atoms with E-state index in [4.69, 9.17) is 9.47 Å². The van der Waals surface area contributed by atoms with Crippen molar-refractivity contribution in [1.82, 2.24) is 9.99 Å². The second-order valence-electron chi connectivity index (χ2n) is 7.21. The molecule has 0 aliphatic carbocycles. The van der Waals surface area contributed by atoms with Crippen molar-refractivity contribution in [3.63, 3.8) is 0 Å². The largest absolute Gasteiger partial charge is 0.486 e. The fraction of sp³-hybridized carbons (Fsp3) is 0.273. The van der Waals surface area contributed by atoms with Crippen LogP contribution in [-0.2, 0) is 9.59 Å². The standard InChI is InChI=1S/C22H20N4O4S/c27-20(6-7-21(28)26-9-8-15(25-26)14-4-2-1-3-5-14)24-22-23-16-12-17-18(13-19(16)31-22)30-11-10-29-17/h1-5,12-13H,6-11H2,(H,23,24,27). The van der Waals surface area contributed by atoms with Gasteiger partial charge in [-0.25, -0.2) is 9.99 Å². The predicted octanol–water partition coefficient (Wildman–Crippen LogP) is 3.42. The van der Waals surface area contributed by atoms with E-state index in [1.807, 2.05) is 42.5 Å². The number of anilines is 1. The summed E-state index contributed by atoms with van der Waals surface area (Å²) in [6.45, 7) is 1.56. The summed E-state index contributed by atoms with van der Waals surface area (Å²) in [5, 5.41) is 9.15. The van der Waals surface area contributed by atoms with E-state index in [1.165, 1.54) is 16.3 Å². The molecule has 0 bridgehead atoms. The smallest absolute Gasteiger partial charge is 0.243 e. The van der Waals surface area contributed by atoms with E-state index >= 15 is 0 Å².